The minimum Gasteiger partial charge on any atom is -0.481 e. The van der Waals surface area contributed by atoms with Crippen LogP contribution in [-0.2, 0) is 9.53 Å². The quantitative estimate of drug-likeness (QED) is 0.270. The highest BCUT2D eigenvalue weighted by atomic mass is 32.1. The molecule has 2 aromatic carbocycles. The van der Waals surface area contributed by atoms with Gasteiger partial charge in [-0.25, -0.2) is 9.79 Å². The van der Waals surface area contributed by atoms with Crippen molar-refractivity contribution in [2.24, 2.45) is 4.99 Å². The van der Waals surface area contributed by atoms with Crippen LogP contribution < -0.4 is 19.6 Å². The first kappa shape index (κ1) is 24.5. The molecule has 0 saturated heterocycles. The van der Waals surface area contributed by atoms with Crippen LogP contribution in [0.3, 0.4) is 0 Å². The predicted octanol–water partition coefficient (Wildman–Crippen LogP) is 4.01. The second-order valence-corrected chi connectivity index (χ2v) is 10.00. The number of fused-ring (bicyclic) bond motifs is 1. The topological polar surface area (TPSA) is 69.9 Å². The first-order valence-electron chi connectivity index (χ1n) is 11.6. The number of thiophene rings is 1. The Balaban J connectivity index is 1.71. The van der Waals surface area contributed by atoms with Crippen LogP contribution in [0.15, 0.2) is 87.5 Å². The van der Waals surface area contributed by atoms with Crippen molar-refractivity contribution < 1.29 is 14.3 Å². The number of thiazole rings is 1. The number of esters is 1. The van der Waals surface area contributed by atoms with Crippen LogP contribution in [-0.4, -0.2) is 23.8 Å². The molecule has 1 aliphatic heterocycles. The van der Waals surface area contributed by atoms with Gasteiger partial charge in [-0.05, 0) is 42.1 Å². The monoisotopic (exact) mass is 526 g/mol. The van der Waals surface area contributed by atoms with Gasteiger partial charge in [-0.3, -0.25) is 9.36 Å². The smallest absolute Gasteiger partial charge is 0.338 e. The largest absolute Gasteiger partial charge is 0.481 e. The van der Waals surface area contributed by atoms with E-state index < -0.39 is 12.0 Å². The van der Waals surface area contributed by atoms with E-state index in [4.69, 9.17) is 20.9 Å². The Morgan fingerprint density at radius 3 is 2.59 bits per heavy atom. The summed E-state index contributed by atoms with van der Waals surface area (Å²) < 4.78 is 13.0. The highest BCUT2D eigenvalue weighted by molar-refractivity contribution is 7.10. The number of benzene rings is 2. The van der Waals surface area contributed by atoms with E-state index in [2.05, 4.69) is 5.92 Å². The van der Waals surface area contributed by atoms with Crippen LogP contribution in [0, 0.1) is 12.3 Å². The lowest BCUT2D eigenvalue weighted by molar-refractivity contribution is -0.138. The van der Waals surface area contributed by atoms with Crippen LogP contribution >= 0.6 is 22.7 Å². The van der Waals surface area contributed by atoms with Crippen molar-refractivity contribution in [2.45, 2.75) is 13.0 Å². The second kappa shape index (κ2) is 10.8. The molecule has 1 aliphatic rings. The highest BCUT2D eigenvalue weighted by Crippen LogP contribution is 2.36. The lowest BCUT2D eigenvalue weighted by Gasteiger charge is -2.24. The molecule has 0 fully saturated rings. The van der Waals surface area contributed by atoms with Gasteiger partial charge in [-0.1, -0.05) is 65.8 Å². The van der Waals surface area contributed by atoms with E-state index in [9.17, 15) is 9.59 Å². The zero-order valence-corrected chi connectivity index (χ0v) is 21.6. The summed E-state index contributed by atoms with van der Waals surface area (Å²) in [6.45, 7) is 2.17. The molecule has 3 heterocycles. The van der Waals surface area contributed by atoms with E-state index in [1.807, 2.05) is 66.1 Å². The molecular weight excluding hydrogens is 504 g/mol. The maximum absolute atomic E-state index is 13.8. The molecule has 37 heavy (non-hydrogen) atoms. The number of carbonyl (C=O) groups is 1. The standard InChI is InChI=1S/C29H22N2O4S2/c1-3-16-35-21-14-12-19(13-15-21)18-23-27(32)31-26(22-11-8-17-36-22)24(28(33)34-4-2)25(30-29(31)37-23)20-9-6-5-7-10-20/h1,5-15,17-18,26H,4,16H2,2H3/b23-18-/t26-/m1/s1. The molecule has 4 aromatic rings. The number of terminal acetylenes is 1. The molecule has 0 radical (unpaired) electrons. The van der Waals surface area contributed by atoms with Gasteiger partial charge in [0, 0.05) is 10.4 Å². The van der Waals surface area contributed by atoms with Crippen molar-refractivity contribution >= 4 is 40.4 Å². The molecule has 0 amide bonds. The summed E-state index contributed by atoms with van der Waals surface area (Å²) >= 11 is 2.77. The van der Waals surface area contributed by atoms with Gasteiger partial charge in [0.2, 0.25) is 0 Å². The second-order valence-electron chi connectivity index (χ2n) is 8.01. The predicted molar refractivity (Wildman–Crippen MR) is 146 cm³/mol. The highest BCUT2D eigenvalue weighted by Gasteiger charge is 2.35. The number of carbonyl (C=O) groups excluding carboxylic acids is 1. The molecule has 5 rings (SSSR count). The fourth-order valence-electron chi connectivity index (χ4n) is 4.09. The SMILES string of the molecule is C#CCOc1ccc(/C=c2\sc3n(c2=O)[C@H](c2cccs2)C(C(=O)OCC)=C(c2ccccc2)N=3)cc1. The average molecular weight is 527 g/mol. The Bertz CT molecular complexity index is 1670. The molecule has 2 aromatic heterocycles. The Morgan fingerprint density at radius 1 is 1.14 bits per heavy atom. The number of rotatable bonds is 7. The van der Waals surface area contributed by atoms with Gasteiger partial charge in [0.15, 0.2) is 4.80 Å². The number of hydrogen-bond donors (Lipinski definition) is 0. The maximum atomic E-state index is 13.8. The number of aromatic nitrogens is 1. The molecule has 1 atom stereocenters. The summed E-state index contributed by atoms with van der Waals surface area (Å²) in [5, 5.41) is 1.93. The molecule has 0 bridgehead atoms. The summed E-state index contributed by atoms with van der Waals surface area (Å²) in [7, 11) is 0. The Labute approximate surface area is 221 Å². The van der Waals surface area contributed by atoms with Crippen molar-refractivity contribution in [1.29, 1.82) is 0 Å². The van der Waals surface area contributed by atoms with Crippen molar-refractivity contribution in [1.82, 2.24) is 4.57 Å². The first-order chi connectivity index (χ1) is 18.1. The summed E-state index contributed by atoms with van der Waals surface area (Å²) in [6.07, 6.45) is 7.07. The van der Waals surface area contributed by atoms with Crippen LogP contribution in [0.5, 0.6) is 5.75 Å². The molecular formula is C29H22N2O4S2. The van der Waals surface area contributed by atoms with Crippen molar-refractivity contribution in [2.75, 3.05) is 13.2 Å². The van der Waals surface area contributed by atoms with Crippen LogP contribution in [0.25, 0.3) is 11.8 Å². The third-order valence-corrected chi connectivity index (χ3v) is 7.59. The lowest BCUT2D eigenvalue weighted by Crippen LogP contribution is -2.39. The first-order valence-corrected chi connectivity index (χ1v) is 13.3. The molecule has 0 saturated carbocycles. The van der Waals surface area contributed by atoms with Gasteiger partial charge < -0.3 is 9.47 Å². The zero-order chi connectivity index (χ0) is 25.8. The number of nitrogens with zero attached hydrogens (tertiary/aromatic N) is 2. The maximum Gasteiger partial charge on any atom is 0.338 e. The number of hydrogen-bond acceptors (Lipinski definition) is 7. The Kier molecular flexibility index (Phi) is 7.17. The average Bonchev–Trinajstić information content (AvgIpc) is 3.56. The fourth-order valence-corrected chi connectivity index (χ4v) is 5.92. The molecule has 184 valence electrons. The summed E-state index contributed by atoms with van der Waals surface area (Å²) in [5.74, 6) is 2.61. The summed E-state index contributed by atoms with van der Waals surface area (Å²) in [6, 6.07) is 20.0. The third-order valence-electron chi connectivity index (χ3n) is 5.69. The van der Waals surface area contributed by atoms with Gasteiger partial charge in [-0.15, -0.1) is 17.8 Å². The molecule has 8 heteroatoms. The van der Waals surface area contributed by atoms with Gasteiger partial charge in [-0.2, -0.15) is 0 Å². The molecule has 0 unspecified atom stereocenters. The van der Waals surface area contributed by atoms with Gasteiger partial charge >= 0.3 is 5.97 Å². The van der Waals surface area contributed by atoms with E-state index in [1.165, 1.54) is 22.7 Å². The Morgan fingerprint density at radius 2 is 1.92 bits per heavy atom. The van der Waals surface area contributed by atoms with E-state index in [1.54, 1.807) is 23.6 Å². The molecule has 0 N–H and O–H groups in total. The Hall–Kier alpha value is -4.19. The van der Waals surface area contributed by atoms with Crippen molar-refractivity contribution in [3.05, 3.63) is 113 Å². The fraction of sp³-hybridized carbons (Fsp3) is 0.138. The number of ether oxygens (including phenoxy) is 2. The summed E-state index contributed by atoms with van der Waals surface area (Å²) in [5.41, 5.74) is 2.26. The van der Waals surface area contributed by atoms with Crippen LogP contribution in [0.1, 0.15) is 29.0 Å². The van der Waals surface area contributed by atoms with E-state index in [0.717, 1.165) is 16.0 Å². The van der Waals surface area contributed by atoms with Gasteiger partial charge in [0.1, 0.15) is 18.4 Å². The summed E-state index contributed by atoms with van der Waals surface area (Å²) in [4.78, 5) is 33.3. The lowest BCUT2D eigenvalue weighted by atomic mass is 9.97. The minimum absolute atomic E-state index is 0.188. The van der Waals surface area contributed by atoms with Gasteiger partial charge in [0.05, 0.1) is 22.4 Å². The molecule has 0 spiro atoms. The molecule has 0 aliphatic carbocycles. The van der Waals surface area contributed by atoms with Crippen LogP contribution in [0.4, 0.5) is 0 Å². The molecule has 6 nitrogen and oxygen atoms in total. The third kappa shape index (κ3) is 4.92. The normalized spacial score (nSPS) is 15.0. The minimum atomic E-state index is -0.646. The van der Waals surface area contributed by atoms with E-state index in [-0.39, 0.29) is 18.8 Å². The van der Waals surface area contributed by atoms with Crippen molar-refractivity contribution in [3.8, 4) is 18.1 Å². The zero-order valence-electron chi connectivity index (χ0n) is 19.9. The van der Waals surface area contributed by atoms with E-state index in [0.29, 0.717) is 26.4 Å². The van der Waals surface area contributed by atoms with Crippen LogP contribution in [0.2, 0.25) is 0 Å². The van der Waals surface area contributed by atoms with Gasteiger partial charge in [0.25, 0.3) is 5.56 Å². The van der Waals surface area contributed by atoms with E-state index >= 15 is 0 Å². The van der Waals surface area contributed by atoms with Crippen molar-refractivity contribution in [3.63, 3.8) is 0 Å².